The summed E-state index contributed by atoms with van der Waals surface area (Å²) in [4.78, 5) is 23.4. The van der Waals surface area contributed by atoms with E-state index in [1.54, 1.807) is 55.6 Å². The molecular weight excluding hydrogens is 332 g/mol. The molecule has 0 unspecified atom stereocenters. The van der Waals surface area contributed by atoms with Gasteiger partial charge in [0.05, 0.1) is 13.7 Å². The van der Waals surface area contributed by atoms with E-state index >= 15 is 0 Å². The van der Waals surface area contributed by atoms with Gasteiger partial charge in [-0.1, -0.05) is 11.6 Å². The first-order chi connectivity index (χ1) is 11.6. The van der Waals surface area contributed by atoms with E-state index in [9.17, 15) is 9.59 Å². The van der Waals surface area contributed by atoms with E-state index in [0.717, 1.165) is 0 Å². The van der Waals surface area contributed by atoms with E-state index in [1.165, 1.54) is 0 Å². The van der Waals surface area contributed by atoms with Crippen LogP contribution in [0.15, 0.2) is 48.5 Å². The number of nitrogens with one attached hydrogen (secondary N) is 2. The Morgan fingerprint density at radius 2 is 1.58 bits per heavy atom. The molecule has 0 aliphatic rings. The van der Waals surface area contributed by atoms with Crippen LogP contribution in [-0.4, -0.2) is 32.1 Å². The van der Waals surface area contributed by atoms with Crippen molar-refractivity contribution in [1.82, 2.24) is 5.32 Å². The number of rotatable bonds is 7. The van der Waals surface area contributed by atoms with Gasteiger partial charge in [0.2, 0.25) is 5.91 Å². The molecule has 24 heavy (non-hydrogen) atoms. The second kappa shape index (κ2) is 8.79. The van der Waals surface area contributed by atoms with Crippen molar-refractivity contribution in [3.8, 4) is 11.5 Å². The van der Waals surface area contributed by atoms with Crippen LogP contribution in [0, 0.1) is 0 Å². The Morgan fingerprint density at radius 1 is 0.958 bits per heavy atom. The van der Waals surface area contributed by atoms with Crippen LogP contribution in [0.4, 0.5) is 5.69 Å². The molecule has 0 saturated carbocycles. The largest absolute Gasteiger partial charge is 0.497 e. The van der Waals surface area contributed by atoms with Crippen molar-refractivity contribution in [2.24, 2.45) is 0 Å². The van der Waals surface area contributed by atoms with Crippen molar-refractivity contribution < 1.29 is 19.1 Å². The lowest BCUT2D eigenvalue weighted by molar-refractivity contribution is -0.125. The fourth-order valence-electron chi connectivity index (χ4n) is 1.79. The van der Waals surface area contributed by atoms with Gasteiger partial charge >= 0.3 is 0 Å². The van der Waals surface area contributed by atoms with Crippen LogP contribution >= 0.6 is 11.6 Å². The maximum Gasteiger partial charge on any atom is 0.258 e. The smallest absolute Gasteiger partial charge is 0.258 e. The van der Waals surface area contributed by atoms with Gasteiger partial charge in [0.15, 0.2) is 6.61 Å². The number of carbonyl (C=O) groups is 2. The van der Waals surface area contributed by atoms with Crippen LogP contribution in [0.25, 0.3) is 0 Å². The standard InChI is InChI=1S/C17H17ClN2O4/c1-23-14-8-4-13(5-9-14)20-16(21)10-19-17(22)11-24-15-6-2-12(18)3-7-15/h2-9H,10-11H2,1H3,(H,19,22)(H,20,21). The number of methoxy groups -OCH3 is 1. The molecule has 0 bridgehead atoms. The monoisotopic (exact) mass is 348 g/mol. The van der Waals surface area contributed by atoms with E-state index in [4.69, 9.17) is 21.1 Å². The van der Waals surface area contributed by atoms with E-state index in [1.807, 2.05) is 0 Å². The van der Waals surface area contributed by atoms with Gasteiger partial charge in [-0.2, -0.15) is 0 Å². The van der Waals surface area contributed by atoms with Gasteiger partial charge in [0.25, 0.3) is 5.91 Å². The average molecular weight is 349 g/mol. The molecule has 0 aliphatic heterocycles. The van der Waals surface area contributed by atoms with Gasteiger partial charge in [-0.3, -0.25) is 9.59 Å². The summed E-state index contributed by atoms with van der Waals surface area (Å²) in [6, 6.07) is 13.5. The topological polar surface area (TPSA) is 76.7 Å². The highest BCUT2D eigenvalue weighted by molar-refractivity contribution is 6.30. The molecule has 2 amide bonds. The van der Waals surface area contributed by atoms with Crippen LogP contribution in [0.3, 0.4) is 0 Å². The highest BCUT2D eigenvalue weighted by atomic mass is 35.5. The molecule has 2 aromatic carbocycles. The Balaban J connectivity index is 1.70. The molecule has 2 N–H and O–H groups in total. The van der Waals surface area contributed by atoms with Crippen molar-refractivity contribution in [3.63, 3.8) is 0 Å². The van der Waals surface area contributed by atoms with Gasteiger partial charge in [0.1, 0.15) is 11.5 Å². The summed E-state index contributed by atoms with van der Waals surface area (Å²) in [5.41, 5.74) is 0.618. The van der Waals surface area contributed by atoms with Crippen LogP contribution in [0.2, 0.25) is 5.02 Å². The number of halogens is 1. The predicted octanol–water partition coefficient (Wildman–Crippen LogP) is 2.48. The predicted molar refractivity (Wildman–Crippen MR) is 91.6 cm³/mol. The Hall–Kier alpha value is -2.73. The quantitative estimate of drug-likeness (QED) is 0.806. The van der Waals surface area contributed by atoms with Crippen molar-refractivity contribution >= 4 is 29.1 Å². The first-order valence-electron chi connectivity index (χ1n) is 7.16. The Morgan fingerprint density at radius 3 is 2.21 bits per heavy atom. The Kier molecular flexibility index (Phi) is 6.45. The van der Waals surface area contributed by atoms with Crippen LogP contribution in [0.5, 0.6) is 11.5 Å². The SMILES string of the molecule is COc1ccc(NC(=O)CNC(=O)COc2ccc(Cl)cc2)cc1. The Labute approximate surface area is 144 Å². The number of amides is 2. The molecule has 0 aliphatic carbocycles. The molecular formula is C17H17ClN2O4. The molecule has 2 rings (SSSR count). The second-order valence-corrected chi connectivity index (χ2v) is 5.23. The molecule has 0 aromatic heterocycles. The first-order valence-corrected chi connectivity index (χ1v) is 7.53. The zero-order chi connectivity index (χ0) is 17.4. The normalized spacial score (nSPS) is 9.92. The van der Waals surface area contributed by atoms with Crippen LogP contribution in [0.1, 0.15) is 0 Å². The summed E-state index contributed by atoms with van der Waals surface area (Å²) in [6.07, 6.45) is 0. The lowest BCUT2D eigenvalue weighted by atomic mass is 10.3. The average Bonchev–Trinajstić information content (AvgIpc) is 2.60. The zero-order valence-corrected chi connectivity index (χ0v) is 13.8. The highest BCUT2D eigenvalue weighted by Gasteiger charge is 2.07. The van der Waals surface area contributed by atoms with Crippen LogP contribution < -0.4 is 20.1 Å². The highest BCUT2D eigenvalue weighted by Crippen LogP contribution is 2.15. The van der Waals surface area contributed by atoms with Crippen molar-refractivity contribution in [3.05, 3.63) is 53.6 Å². The lowest BCUT2D eigenvalue weighted by Crippen LogP contribution is -2.35. The maximum atomic E-state index is 11.8. The summed E-state index contributed by atoms with van der Waals surface area (Å²) in [6.45, 7) is -0.327. The summed E-state index contributed by atoms with van der Waals surface area (Å²) in [7, 11) is 1.56. The lowest BCUT2D eigenvalue weighted by Gasteiger charge is -2.09. The fraction of sp³-hybridized carbons (Fsp3) is 0.176. The Bertz CT molecular complexity index is 687. The minimum absolute atomic E-state index is 0.144. The van der Waals surface area contributed by atoms with Crippen molar-refractivity contribution in [2.75, 3.05) is 25.6 Å². The first kappa shape index (κ1) is 17.6. The summed E-state index contributed by atoms with van der Waals surface area (Å²) in [5.74, 6) is 0.493. The number of ether oxygens (including phenoxy) is 2. The van der Waals surface area contributed by atoms with Gasteiger partial charge in [-0.25, -0.2) is 0 Å². The van der Waals surface area contributed by atoms with Gasteiger partial charge in [-0.15, -0.1) is 0 Å². The third-order valence-corrected chi connectivity index (χ3v) is 3.26. The molecule has 7 heteroatoms. The minimum Gasteiger partial charge on any atom is -0.497 e. The van der Waals surface area contributed by atoms with E-state index in [0.29, 0.717) is 22.2 Å². The minimum atomic E-state index is -0.394. The molecule has 2 aromatic rings. The number of hydrogen-bond acceptors (Lipinski definition) is 4. The number of carbonyl (C=O) groups excluding carboxylic acids is 2. The maximum absolute atomic E-state index is 11.8. The summed E-state index contributed by atoms with van der Waals surface area (Å²) in [5, 5.41) is 5.73. The number of benzene rings is 2. The van der Waals surface area contributed by atoms with E-state index in [-0.39, 0.29) is 19.1 Å². The van der Waals surface area contributed by atoms with E-state index < -0.39 is 5.91 Å². The van der Waals surface area contributed by atoms with Gasteiger partial charge in [-0.05, 0) is 48.5 Å². The van der Waals surface area contributed by atoms with Crippen molar-refractivity contribution in [1.29, 1.82) is 0 Å². The number of anilines is 1. The molecule has 0 saturated heterocycles. The summed E-state index contributed by atoms with van der Waals surface area (Å²) < 4.78 is 10.3. The van der Waals surface area contributed by atoms with Crippen molar-refractivity contribution in [2.45, 2.75) is 0 Å². The van der Waals surface area contributed by atoms with Crippen LogP contribution in [-0.2, 0) is 9.59 Å². The number of hydrogen-bond donors (Lipinski definition) is 2. The molecule has 126 valence electrons. The third kappa shape index (κ3) is 5.81. The van der Waals surface area contributed by atoms with Gasteiger partial charge < -0.3 is 20.1 Å². The zero-order valence-electron chi connectivity index (χ0n) is 13.0. The van der Waals surface area contributed by atoms with E-state index in [2.05, 4.69) is 10.6 Å². The molecule has 0 spiro atoms. The molecule has 0 fully saturated rings. The molecule has 0 radical (unpaired) electrons. The molecule has 0 heterocycles. The molecule has 6 nitrogen and oxygen atoms in total. The fourth-order valence-corrected chi connectivity index (χ4v) is 1.92. The second-order valence-electron chi connectivity index (χ2n) is 4.80. The van der Waals surface area contributed by atoms with Gasteiger partial charge in [0, 0.05) is 10.7 Å². The summed E-state index contributed by atoms with van der Waals surface area (Å²) >= 11 is 5.76. The molecule has 0 atom stereocenters. The third-order valence-electron chi connectivity index (χ3n) is 3.00.